The summed E-state index contributed by atoms with van der Waals surface area (Å²) in [5.41, 5.74) is 0.639. The Morgan fingerprint density at radius 1 is 1.12 bits per heavy atom. The van der Waals surface area contributed by atoms with Crippen LogP contribution in [0, 0.1) is 5.92 Å². The van der Waals surface area contributed by atoms with Crippen LogP contribution in [0.4, 0.5) is 0 Å². The van der Waals surface area contributed by atoms with Gasteiger partial charge in [-0.2, -0.15) is 0 Å². The van der Waals surface area contributed by atoms with Crippen molar-refractivity contribution < 1.29 is 21.3 Å². The summed E-state index contributed by atoms with van der Waals surface area (Å²) in [6.45, 7) is 3.71. The van der Waals surface area contributed by atoms with Gasteiger partial charge in [-0.05, 0) is 11.5 Å². The Balaban J connectivity index is 2.27. The average molecular weight is 387 g/mol. The van der Waals surface area contributed by atoms with Gasteiger partial charge in [0.15, 0.2) is 0 Å². The molecule has 0 bridgehead atoms. The van der Waals surface area contributed by atoms with Gasteiger partial charge < -0.3 is 4.42 Å². The first kappa shape index (κ1) is 19.5. The van der Waals surface area contributed by atoms with Crippen LogP contribution in [0.2, 0.25) is 0 Å². The molecule has 0 aliphatic rings. The van der Waals surface area contributed by atoms with E-state index in [0.29, 0.717) is 12.0 Å². The van der Waals surface area contributed by atoms with E-state index in [2.05, 4.69) is 14.9 Å². The molecule has 0 radical (unpaired) electrons. The maximum Gasteiger partial charge on any atom is 0.335 e. The SMILES string of the molecule is CC[C@@H](C)[C@H](NS(=O)(=O)Cc1ccccc1)c1nnc(S(C)(=O)=O)o1. The van der Waals surface area contributed by atoms with Crippen molar-refractivity contribution >= 4 is 19.9 Å². The van der Waals surface area contributed by atoms with Gasteiger partial charge in [0.25, 0.3) is 0 Å². The number of benzene rings is 1. The first-order chi connectivity index (χ1) is 11.6. The standard InChI is InChI=1S/C15H21N3O5S2/c1-4-11(2)13(14-16-17-15(23-14)24(3,19)20)18-25(21,22)10-12-8-6-5-7-9-12/h5-9,11,13,18H,4,10H2,1-3H3/t11-,13+/m1/s1. The molecule has 0 saturated carbocycles. The Hall–Kier alpha value is -1.78. The zero-order chi connectivity index (χ0) is 18.7. The monoisotopic (exact) mass is 387 g/mol. The third-order valence-electron chi connectivity index (χ3n) is 3.72. The van der Waals surface area contributed by atoms with Gasteiger partial charge in [-0.25, -0.2) is 21.6 Å². The Morgan fingerprint density at radius 2 is 1.76 bits per heavy atom. The van der Waals surface area contributed by atoms with Crippen LogP contribution in [0.25, 0.3) is 0 Å². The molecule has 2 aromatic rings. The van der Waals surface area contributed by atoms with Crippen LogP contribution in [0.15, 0.2) is 40.0 Å². The van der Waals surface area contributed by atoms with Crippen molar-refractivity contribution in [3.63, 3.8) is 0 Å². The van der Waals surface area contributed by atoms with Crippen LogP contribution in [-0.2, 0) is 25.6 Å². The molecule has 0 saturated heterocycles. The molecule has 8 nitrogen and oxygen atoms in total. The Labute approximate surface area is 147 Å². The van der Waals surface area contributed by atoms with Crippen molar-refractivity contribution in [2.24, 2.45) is 5.92 Å². The summed E-state index contributed by atoms with van der Waals surface area (Å²) >= 11 is 0. The Morgan fingerprint density at radius 3 is 2.28 bits per heavy atom. The first-order valence-electron chi connectivity index (χ1n) is 7.69. The molecule has 25 heavy (non-hydrogen) atoms. The first-order valence-corrected chi connectivity index (χ1v) is 11.2. The van der Waals surface area contributed by atoms with Crippen LogP contribution in [0.3, 0.4) is 0 Å². The lowest BCUT2D eigenvalue weighted by Crippen LogP contribution is -2.33. The molecule has 2 atom stereocenters. The van der Waals surface area contributed by atoms with E-state index in [9.17, 15) is 16.8 Å². The fraction of sp³-hybridized carbons (Fsp3) is 0.467. The summed E-state index contributed by atoms with van der Waals surface area (Å²) in [4.78, 5) is 0. The molecule has 0 fully saturated rings. The summed E-state index contributed by atoms with van der Waals surface area (Å²) in [5.74, 6) is -0.432. The molecule has 0 aliphatic carbocycles. The van der Waals surface area contributed by atoms with Gasteiger partial charge in [-0.15, -0.1) is 5.10 Å². The van der Waals surface area contributed by atoms with E-state index in [1.165, 1.54) is 0 Å². The molecule has 1 heterocycles. The predicted octanol–water partition coefficient (Wildman–Crippen LogP) is 1.68. The van der Waals surface area contributed by atoms with E-state index in [1.807, 2.05) is 13.8 Å². The van der Waals surface area contributed by atoms with Crippen LogP contribution in [-0.4, -0.2) is 33.3 Å². The highest BCUT2D eigenvalue weighted by molar-refractivity contribution is 7.90. The second-order valence-corrected chi connectivity index (χ2v) is 9.55. The Bertz CT molecular complexity index is 908. The van der Waals surface area contributed by atoms with E-state index in [4.69, 9.17) is 4.42 Å². The lowest BCUT2D eigenvalue weighted by Gasteiger charge is -2.20. The molecular weight excluding hydrogens is 366 g/mol. The molecule has 2 rings (SSSR count). The average Bonchev–Trinajstić information content (AvgIpc) is 3.02. The van der Waals surface area contributed by atoms with Gasteiger partial charge in [0.1, 0.15) is 6.04 Å². The highest BCUT2D eigenvalue weighted by Gasteiger charge is 2.30. The minimum Gasteiger partial charge on any atom is -0.411 e. The zero-order valence-electron chi connectivity index (χ0n) is 14.2. The van der Waals surface area contributed by atoms with Crippen LogP contribution < -0.4 is 4.72 Å². The van der Waals surface area contributed by atoms with E-state index in [-0.39, 0.29) is 17.6 Å². The second-order valence-electron chi connectivity index (χ2n) is 5.90. The van der Waals surface area contributed by atoms with Crippen LogP contribution in [0.1, 0.15) is 37.8 Å². The number of nitrogens with one attached hydrogen (secondary N) is 1. The topological polar surface area (TPSA) is 119 Å². The van der Waals surface area contributed by atoms with Crippen molar-refractivity contribution in [3.8, 4) is 0 Å². The van der Waals surface area contributed by atoms with Gasteiger partial charge in [-0.3, -0.25) is 0 Å². The second kappa shape index (κ2) is 7.63. The van der Waals surface area contributed by atoms with Gasteiger partial charge in [0, 0.05) is 6.26 Å². The molecule has 138 valence electrons. The Kier molecular flexibility index (Phi) is 5.96. The lowest BCUT2D eigenvalue weighted by molar-refractivity contribution is 0.312. The summed E-state index contributed by atoms with van der Waals surface area (Å²) in [5, 5.41) is 6.69. The lowest BCUT2D eigenvalue weighted by atomic mass is 10.0. The highest BCUT2D eigenvalue weighted by Crippen LogP contribution is 2.26. The summed E-state index contributed by atoms with van der Waals surface area (Å²) < 4.78 is 55.7. The molecule has 1 aromatic carbocycles. The van der Waals surface area contributed by atoms with Crippen molar-refractivity contribution in [1.82, 2.24) is 14.9 Å². The molecule has 0 aliphatic heterocycles. The number of aromatic nitrogens is 2. The predicted molar refractivity (Wildman–Crippen MR) is 91.8 cm³/mol. The smallest absolute Gasteiger partial charge is 0.335 e. The minimum atomic E-state index is -3.69. The fourth-order valence-corrected chi connectivity index (χ4v) is 4.03. The number of nitrogens with zero attached hydrogens (tertiary/aromatic N) is 2. The maximum atomic E-state index is 12.5. The largest absolute Gasteiger partial charge is 0.411 e. The van der Waals surface area contributed by atoms with Gasteiger partial charge >= 0.3 is 5.22 Å². The number of hydrogen-bond donors (Lipinski definition) is 1. The van der Waals surface area contributed by atoms with E-state index in [0.717, 1.165) is 6.26 Å². The van der Waals surface area contributed by atoms with Gasteiger partial charge in [0.05, 0.1) is 5.75 Å². The minimum absolute atomic E-state index is 0.0635. The van der Waals surface area contributed by atoms with Gasteiger partial charge in [-0.1, -0.05) is 55.7 Å². The van der Waals surface area contributed by atoms with E-state index < -0.39 is 31.1 Å². The van der Waals surface area contributed by atoms with Crippen molar-refractivity contribution in [1.29, 1.82) is 0 Å². The zero-order valence-corrected chi connectivity index (χ0v) is 15.8. The van der Waals surface area contributed by atoms with Crippen molar-refractivity contribution in [2.75, 3.05) is 6.26 Å². The maximum absolute atomic E-state index is 12.5. The number of hydrogen-bond acceptors (Lipinski definition) is 7. The van der Waals surface area contributed by atoms with Crippen LogP contribution in [0.5, 0.6) is 0 Å². The number of sulfonamides is 1. The van der Waals surface area contributed by atoms with Crippen LogP contribution >= 0.6 is 0 Å². The molecule has 0 spiro atoms. The normalized spacial score (nSPS) is 15.0. The summed E-state index contributed by atoms with van der Waals surface area (Å²) in [6.07, 6.45) is 1.58. The molecule has 10 heteroatoms. The number of rotatable bonds is 8. The molecule has 0 amide bonds. The van der Waals surface area contributed by atoms with Gasteiger partial charge in [0.2, 0.25) is 25.8 Å². The molecule has 1 N–H and O–H groups in total. The molecule has 0 unspecified atom stereocenters. The fourth-order valence-electron chi connectivity index (χ4n) is 2.17. The third-order valence-corrected chi connectivity index (χ3v) is 5.85. The quantitative estimate of drug-likeness (QED) is 0.732. The van der Waals surface area contributed by atoms with E-state index in [1.54, 1.807) is 30.3 Å². The highest BCUT2D eigenvalue weighted by atomic mass is 32.2. The summed E-state index contributed by atoms with van der Waals surface area (Å²) in [7, 11) is -7.35. The summed E-state index contributed by atoms with van der Waals surface area (Å²) in [6, 6.07) is 7.94. The van der Waals surface area contributed by atoms with Crippen molar-refractivity contribution in [2.45, 2.75) is 37.3 Å². The molecular formula is C15H21N3O5S2. The van der Waals surface area contributed by atoms with Crippen molar-refractivity contribution in [3.05, 3.63) is 41.8 Å². The molecule has 1 aromatic heterocycles. The third kappa shape index (κ3) is 5.35. The van der Waals surface area contributed by atoms with E-state index >= 15 is 0 Å². The number of sulfone groups is 1.